The van der Waals surface area contributed by atoms with Crippen LogP contribution in [0, 0.1) is 29.1 Å². The maximum atomic E-state index is 12.6. The zero-order valence-corrected chi connectivity index (χ0v) is 6.93. The smallest absolute Gasteiger partial charge is 0.399 e. The van der Waals surface area contributed by atoms with E-state index in [1.54, 1.807) is 0 Å². The molecule has 0 unspecified atom stereocenters. The second kappa shape index (κ2) is 3.80. The normalized spacial score (nSPS) is 11.8. The highest BCUT2D eigenvalue weighted by molar-refractivity contribution is 5.29. The summed E-state index contributed by atoms with van der Waals surface area (Å²) in [5.41, 5.74) is 0. The number of alkyl halides is 3. The predicted molar refractivity (Wildman–Crippen MR) is 32.9 cm³/mol. The molecule has 16 heavy (non-hydrogen) atoms. The van der Waals surface area contributed by atoms with E-state index in [2.05, 4.69) is 4.74 Å². The molecule has 0 N–H and O–H groups in total. The number of hydrogen-bond acceptors (Lipinski definition) is 1. The van der Waals surface area contributed by atoms with Crippen molar-refractivity contribution in [1.82, 2.24) is 0 Å². The van der Waals surface area contributed by atoms with Gasteiger partial charge in [0.25, 0.3) is 0 Å². The Morgan fingerprint density at radius 3 is 1.25 bits per heavy atom. The van der Waals surface area contributed by atoms with Crippen molar-refractivity contribution in [3.05, 3.63) is 29.1 Å². The van der Waals surface area contributed by atoms with Gasteiger partial charge < -0.3 is 4.74 Å². The minimum absolute atomic E-state index is 2.39. The molecule has 1 aromatic rings. The molecule has 1 nitrogen and oxygen atoms in total. The van der Waals surface area contributed by atoms with Crippen LogP contribution in [0.15, 0.2) is 0 Å². The van der Waals surface area contributed by atoms with Gasteiger partial charge in [-0.2, -0.15) is 8.78 Å². The molecule has 0 heterocycles. The van der Waals surface area contributed by atoms with Crippen LogP contribution in [0.3, 0.4) is 0 Å². The van der Waals surface area contributed by atoms with Crippen LogP contribution in [0.2, 0.25) is 0 Å². The van der Waals surface area contributed by atoms with Crippen LogP contribution >= 0.6 is 0 Å². The van der Waals surface area contributed by atoms with Gasteiger partial charge in [0.1, 0.15) is 0 Å². The minimum atomic E-state index is -5.57. The lowest BCUT2D eigenvalue weighted by molar-refractivity contribution is -0.276. The summed E-state index contributed by atoms with van der Waals surface area (Å²) in [5, 5.41) is 0. The van der Waals surface area contributed by atoms with E-state index in [1.807, 2.05) is 0 Å². The third-order valence-corrected chi connectivity index (χ3v) is 1.39. The molecule has 0 bridgehead atoms. The van der Waals surface area contributed by atoms with E-state index >= 15 is 0 Å². The molecule has 0 radical (unpaired) electrons. The van der Waals surface area contributed by atoms with Crippen molar-refractivity contribution in [2.75, 3.05) is 0 Å². The van der Waals surface area contributed by atoms with Gasteiger partial charge in [-0.15, -0.1) is 13.2 Å². The van der Waals surface area contributed by atoms with Gasteiger partial charge in [0, 0.05) is 0 Å². The van der Waals surface area contributed by atoms with Crippen molar-refractivity contribution < 1.29 is 39.9 Å². The molecule has 90 valence electrons. The fourth-order valence-corrected chi connectivity index (χ4v) is 0.790. The summed E-state index contributed by atoms with van der Waals surface area (Å²) in [5.74, 6) is -15.4. The Bertz CT molecular complexity index is 394. The monoisotopic (exact) mass is 252 g/mol. The molecule has 0 atom stereocenters. The largest absolute Gasteiger partial charge is 0.573 e. The fourth-order valence-electron chi connectivity index (χ4n) is 0.790. The van der Waals surface area contributed by atoms with E-state index < -0.39 is 41.2 Å². The summed E-state index contributed by atoms with van der Waals surface area (Å²) in [6, 6.07) is 0. The molecule has 0 aliphatic carbocycles. The van der Waals surface area contributed by atoms with E-state index in [1.165, 1.54) is 0 Å². The van der Waals surface area contributed by atoms with Crippen LogP contribution in [0.25, 0.3) is 0 Å². The molecule has 0 aliphatic rings. The highest BCUT2D eigenvalue weighted by atomic mass is 19.4. The lowest BCUT2D eigenvalue weighted by atomic mass is 10.3. The Labute approximate surface area is 82.2 Å². The summed E-state index contributed by atoms with van der Waals surface area (Å²) < 4.78 is 99.7. The minimum Gasteiger partial charge on any atom is -0.399 e. The first-order chi connectivity index (χ1) is 7.15. The van der Waals surface area contributed by atoms with Gasteiger partial charge in [0.05, 0.1) is 0 Å². The van der Waals surface area contributed by atoms with Crippen molar-refractivity contribution >= 4 is 0 Å². The molecule has 1 aromatic carbocycles. The lowest BCUT2D eigenvalue weighted by Crippen LogP contribution is -2.20. The van der Waals surface area contributed by atoms with Crippen LogP contribution in [-0.4, -0.2) is 6.36 Å². The predicted octanol–water partition coefficient (Wildman–Crippen LogP) is 3.28. The van der Waals surface area contributed by atoms with Gasteiger partial charge in [-0.3, -0.25) is 0 Å². The number of hydrogen-bond donors (Lipinski definition) is 0. The van der Waals surface area contributed by atoms with E-state index in [0.29, 0.717) is 0 Å². The van der Waals surface area contributed by atoms with Crippen LogP contribution in [0.4, 0.5) is 35.1 Å². The molecule has 0 spiro atoms. The maximum Gasteiger partial charge on any atom is 0.573 e. The van der Waals surface area contributed by atoms with Crippen molar-refractivity contribution in [3.8, 4) is 5.75 Å². The Kier molecular flexibility index (Phi) is 2.97. The van der Waals surface area contributed by atoms with Gasteiger partial charge in [0.15, 0.2) is 0 Å². The van der Waals surface area contributed by atoms with Crippen LogP contribution < -0.4 is 4.74 Å². The number of ether oxygens (including phenoxy) is 1. The molecule has 1 rings (SSSR count). The molecule has 0 aromatic heterocycles. The Morgan fingerprint density at radius 1 is 0.625 bits per heavy atom. The van der Waals surface area contributed by atoms with Crippen LogP contribution in [0.5, 0.6) is 5.75 Å². The first-order valence-corrected chi connectivity index (χ1v) is 3.42. The molecule has 9 heteroatoms. The van der Waals surface area contributed by atoms with Gasteiger partial charge in [-0.05, 0) is 0 Å². The number of rotatable bonds is 1. The highest BCUT2D eigenvalue weighted by Crippen LogP contribution is 2.32. The fraction of sp³-hybridized carbons (Fsp3) is 0.143. The van der Waals surface area contributed by atoms with Crippen molar-refractivity contribution in [3.63, 3.8) is 0 Å². The van der Waals surface area contributed by atoms with Crippen LogP contribution in [-0.2, 0) is 0 Å². The first kappa shape index (κ1) is 12.5. The second-order valence-corrected chi connectivity index (χ2v) is 2.45. The number of benzene rings is 1. The van der Waals surface area contributed by atoms with Gasteiger partial charge in [-0.1, -0.05) is 0 Å². The summed E-state index contributed by atoms with van der Waals surface area (Å²) in [4.78, 5) is 0. The van der Waals surface area contributed by atoms with E-state index in [4.69, 9.17) is 0 Å². The van der Waals surface area contributed by atoms with Gasteiger partial charge in [-0.25, -0.2) is 13.2 Å². The summed E-state index contributed by atoms with van der Waals surface area (Å²) in [7, 11) is 0. The molecular formula is C7F8O. The van der Waals surface area contributed by atoms with Gasteiger partial charge in [0.2, 0.25) is 34.8 Å². The zero-order valence-electron chi connectivity index (χ0n) is 6.93. The summed E-state index contributed by atoms with van der Waals surface area (Å²) in [6.45, 7) is 0. The average Bonchev–Trinajstić information content (AvgIpc) is 2.17. The quantitative estimate of drug-likeness (QED) is 0.423. The molecular weight excluding hydrogens is 252 g/mol. The lowest BCUT2D eigenvalue weighted by Gasteiger charge is -2.11. The van der Waals surface area contributed by atoms with E-state index in [9.17, 15) is 35.1 Å². The first-order valence-electron chi connectivity index (χ1n) is 3.42. The maximum absolute atomic E-state index is 12.6. The third kappa shape index (κ3) is 2.17. The standard InChI is InChI=1S/C7F8O/c8-1-2(9)4(11)6(5(12)3(1)10)16-7(13,14)15. The van der Waals surface area contributed by atoms with Crippen molar-refractivity contribution in [2.45, 2.75) is 6.36 Å². The molecule has 0 fully saturated rings. The van der Waals surface area contributed by atoms with Crippen molar-refractivity contribution in [1.29, 1.82) is 0 Å². The average molecular weight is 252 g/mol. The second-order valence-electron chi connectivity index (χ2n) is 2.45. The summed E-state index contributed by atoms with van der Waals surface area (Å²) in [6.07, 6.45) is -5.57. The SMILES string of the molecule is Fc1c(F)c(F)c(OC(F)(F)F)c(F)c1F. The molecule has 0 aliphatic heterocycles. The van der Waals surface area contributed by atoms with E-state index in [0.717, 1.165) is 0 Å². The number of halogens is 8. The Hall–Kier alpha value is -1.54. The third-order valence-electron chi connectivity index (χ3n) is 1.39. The topological polar surface area (TPSA) is 9.23 Å². The van der Waals surface area contributed by atoms with Crippen molar-refractivity contribution in [2.24, 2.45) is 0 Å². The van der Waals surface area contributed by atoms with Gasteiger partial charge >= 0.3 is 6.36 Å². The Morgan fingerprint density at radius 2 is 0.938 bits per heavy atom. The zero-order chi connectivity index (χ0) is 12.7. The van der Waals surface area contributed by atoms with E-state index in [-0.39, 0.29) is 0 Å². The van der Waals surface area contributed by atoms with Crippen LogP contribution in [0.1, 0.15) is 0 Å². The molecule has 0 saturated heterocycles. The summed E-state index contributed by atoms with van der Waals surface area (Å²) >= 11 is 0. The molecule has 0 amide bonds. The molecule has 0 saturated carbocycles. The highest BCUT2D eigenvalue weighted by Gasteiger charge is 2.37. The Balaban J connectivity index is 3.40.